The number of phenols is 2. The first-order valence-corrected chi connectivity index (χ1v) is 6.62. The molecule has 0 aliphatic rings. The lowest BCUT2D eigenvalue weighted by molar-refractivity contribution is 0.444. The van der Waals surface area contributed by atoms with E-state index in [1.165, 1.54) is 11.6 Å². The van der Waals surface area contributed by atoms with Gasteiger partial charge in [0.05, 0.1) is 12.5 Å². The molecule has 19 heavy (non-hydrogen) atoms. The second-order valence-electron chi connectivity index (χ2n) is 5.18. The summed E-state index contributed by atoms with van der Waals surface area (Å²) < 4.78 is 5.09. The van der Waals surface area contributed by atoms with Crippen molar-refractivity contribution >= 4 is 0 Å². The van der Waals surface area contributed by atoms with Crippen LogP contribution in [0.15, 0.2) is 41.2 Å². The average molecular weight is 260 g/mol. The maximum absolute atomic E-state index is 9.83. The molecule has 0 saturated carbocycles. The largest absolute Gasteiger partial charge is 0.508 e. The highest BCUT2D eigenvalue weighted by atomic mass is 16.3. The van der Waals surface area contributed by atoms with Crippen molar-refractivity contribution in [2.24, 2.45) is 0 Å². The third-order valence-corrected chi connectivity index (χ3v) is 3.69. The van der Waals surface area contributed by atoms with Gasteiger partial charge in [0.25, 0.3) is 0 Å². The van der Waals surface area contributed by atoms with Crippen molar-refractivity contribution in [1.29, 1.82) is 0 Å². The van der Waals surface area contributed by atoms with Crippen LogP contribution in [-0.2, 0) is 0 Å². The minimum absolute atomic E-state index is 0.197. The Morgan fingerprint density at radius 2 is 1.79 bits per heavy atom. The van der Waals surface area contributed by atoms with Crippen LogP contribution in [0, 0.1) is 0 Å². The lowest BCUT2D eigenvalue weighted by Crippen LogP contribution is -1.98. The molecule has 1 heterocycles. The van der Waals surface area contributed by atoms with E-state index in [1.54, 1.807) is 24.7 Å². The van der Waals surface area contributed by atoms with E-state index in [0.29, 0.717) is 5.92 Å². The van der Waals surface area contributed by atoms with Gasteiger partial charge in [-0.25, -0.2) is 0 Å². The number of hydrogen-bond donors (Lipinski definition) is 2. The topological polar surface area (TPSA) is 53.6 Å². The highest BCUT2D eigenvalue weighted by Gasteiger charge is 2.14. The van der Waals surface area contributed by atoms with E-state index >= 15 is 0 Å². The van der Waals surface area contributed by atoms with Crippen molar-refractivity contribution in [3.8, 4) is 11.5 Å². The number of aromatic hydroxyl groups is 2. The van der Waals surface area contributed by atoms with Crippen LogP contribution in [-0.4, -0.2) is 10.2 Å². The molecule has 0 aliphatic heterocycles. The summed E-state index contributed by atoms with van der Waals surface area (Å²) in [7, 11) is 0. The van der Waals surface area contributed by atoms with Gasteiger partial charge >= 0.3 is 0 Å². The van der Waals surface area contributed by atoms with Crippen LogP contribution in [0.3, 0.4) is 0 Å². The fourth-order valence-corrected chi connectivity index (χ4v) is 2.31. The Kier molecular flexibility index (Phi) is 4.15. The Hall–Kier alpha value is -1.90. The molecule has 1 aromatic heterocycles. The van der Waals surface area contributed by atoms with Gasteiger partial charge in [0.2, 0.25) is 0 Å². The summed E-state index contributed by atoms with van der Waals surface area (Å²) in [5, 5.41) is 19.3. The maximum atomic E-state index is 9.83. The number of phenolic OH excluding ortho intramolecular Hbond substituents is 2. The Bertz CT molecular complexity index is 517. The molecular weight excluding hydrogens is 240 g/mol. The lowest BCUT2D eigenvalue weighted by atomic mass is 9.89. The molecule has 2 rings (SSSR count). The van der Waals surface area contributed by atoms with Gasteiger partial charge in [0.1, 0.15) is 11.5 Å². The van der Waals surface area contributed by atoms with Gasteiger partial charge in [-0.2, -0.15) is 0 Å². The van der Waals surface area contributed by atoms with E-state index in [2.05, 4.69) is 13.8 Å². The lowest BCUT2D eigenvalue weighted by Gasteiger charge is -2.16. The van der Waals surface area contributed by atoms with Crippen molar-refractivity contribution in [1.82, 2.24) is 0 Å². The summed E-state index contributed by atoms with van der Waals surface area (Å²) in [5.74, 6) is 1.09. The SMILES string of the molecule is CC(CCC(C)c1cc(O)ccc1O)c1ccoc1. The van der Waals surface area contributed by atoms with Crippen LogP contribution in [0.1, 0.15) is 49.7 Å². The van der Waals surface area contributed by atoms with Gasteiger partial charge in [-0.3, -0.25) is 0 Å². The highest BCUT2D eigenvalue weighted by Crippen LogP contribution is 2.33. The molecule has 0 amide bonds. The van der Waals surface area contributed by atoms with Crippen LogP contribution in [0.5, 0.6) is 11.5 Å². The molecule has 2 atom stereocenters. The molecule has 0 fully saturated rings. The monoisotopic (exact) mass is 260 g/mol. The summed E-state index contributed by atoms with van der Waals surface area (Å²) in [4.78, 5) is 0. The number of benzene rings is 1. The molecule has 2 aromatic rings. The summed E-state index contributed by atoms with van der Waals surface area (Å²) in [6.07, 6.45) is 5.43. The number of hydrogen-bond acceptors (Lipinski definition) is 3. The minimum atomic E-state index is 0.197. The summed E-state index contributed by atoms with van der Waals surface area (Å²) in [5.41, 5.74) is 2.01. The molecule has 0 bridgehead atoms. The normalized spacial score (nSPS) is 14.2. The molecule has 2 N–H and O–H groups in total. The Balaban J connectivity index is 1.97. The zero-order chi connectivity index (χ0) is 13.8. The molecule has 2 unspecified atom stereocenters. The molecule has 0 aliphatic carbocycles. The van der Waals surface area contributed by atoms with Gasteiger partial charge in [-0.15, -0.1) is 0 Å². The van der Waals surface area contributed by atoms with Crippen LogP contribution in [0.2, 0.25) is 0 Å². The van der Waals surface area contributed by atoms with Crippen molar-refractivity contribution in [2.75, 3.05) is 0 Å². The molecule has 1 aromatic carbocycles. The standard InChI is InChI=1S/C16H20O3/c1-11(13-7-8-19-10-13)3-4-12(2)15-9-14(17)5-6-16(15)18/h5-12,17-18H,3-4H2,1-2H3. The van der Waals surface area contributed by atoms with Gasteiger partial charge < -0.3 is 14.6 Å². The third kappa shape index (κ3) is 3.31. The number of furan rings is 1. The van der Waals surface area contributed by atoms with Gasteiger partial charge in [0.15, 0.2) is 0 Å². The third-order valence-electron chi connectivity index (χ3n) is 3.69. The van der Waals surface area contributed by atoms with E-state index in [9.17, 15) is 10.2 Å². The number of rotatable bonds is 5. The average Bonchev–Trinajstić information content (AvgIpc) is 2.92. The first kappa shape index (κ1) is 13.5. The van der Waals surface area contributed by atoms with E-state index < -0.39 is 0 Å². The first-order chi connectivity index (χ1) is 9.08. The van der Waals surface area contributed by atoms with E-state index in [-0.39, 0.29) is 17.4 Å². The minimum Gasteiger partial charge on any atom is -0.508 e. The molecule has 0 saturated heterocycles. The summed E-state index contributed by atoms with van der Waals surface area (Å²) in [6, 6.07) is 6.67. The van der Waals surface area contributed by atoms with Gasteiger partial charge in [-0.1, -0.05) is 13.8 Å². The fraction of sp³-hybridized carbons (Fsp3) is 0.375. The molecule has 0 spiro atoms. The Morgan fingerprint density at radius 1 is 1.05 bits per heavy atom. The maximum Gasteiger partial charge on any atom is 0.119 e. The second-order valence-corrected chi connectivity index (χ2v) is 5.18. The smallest absolute Gasteiger partial charge is 0.119 e. The van der Waals surface area contributed by atoms with Crippen LogP contribution >= 0.6 is 0 Å². The van der Waals surface area contributed by atoms with Crippen molar-refractivity contribution in [3.63, 3.8) is 0 Å². The molecule has 102 valence electrons. The van der Waals surface area contributed by atoms with E-state index in [4.69, 9.17) is 4.42 Å². The molecule has 3 nitrogen and oxygen atoms in total. The van der Waals surface area contributed by atoms with E-state index in [0.717, 1.165) is 18.4 Å². The molecular formula is C16H20O3. The van der Waals surface area contributed by atoms with Crippen molar-refractivity contribution < 1.29 is 14.6 Å². The Morgan fingerprint density at radius 3 is 2.47 bits per heavy atom. The van der Waals surface area contributed by atoms with E-state index in [1.807, 2.05) is 6.07 Å². The Labute approximate surface area is 113 Å². The molecule has 3 heteroatoms. The fourth-order valence-electron chi connectivity index (χ4n) is 2.31. The highest BCUT2D eigenvalue weighted by molar-refractivity contribution is 5.40. The second kappa shape index (κ2) is 5.83. The first-order valence-electron chi connectivity index (χ1n) is 6.62. The van der Waals surface area contributed by atoms with Crippen molar-refractivity contribution in [3.05, 3.63) is 47.9 Å². The zero-order valence-corrected chi connectivity index (χ0v) is 11.3. The molecule has 0 radical (unpaired) electrons. The van der Waals surface area contributed by atoms with Crippen molar-refractivity contribution in [2.45, 2.75) is 38.5 Å². The summed E-state index contributed by atoms with van der Waals surface area (Å²) in [6.45, 7) is 4.23. The van der Waals surface area contributed by atoms with Gasteiger partial charge in [-0.05, 0) is 54.5 Å². The zero-order valence-electron chi connectivity index (χ0n) is 11.3. The predicted molar refractivity (Wildman–Crippen MR) is 74.5 cm³/mol. The predicted octanol–water partition coefficient (Wildman–Crippen LogP) is 4.38. The quantitative estimate of drug-likeness (QED) is 0.784. The van der Waals surface area contributed by atoms with Crippen LogP contribution in [0.4, 0.5) is 0 Å². The van der Waals surface area contributed by atoms with Crippen LogP contribution < -0.4 is 0 Å². The van der Waals surface area contributed by atoms with Crippen LogP contribution in [0.25, 0.3) is 0 Å². The summed E-state index contributed by atoms with van der Waals surface area (Å²) >= 11 is 0. The van der Waals surface area contributed by atoms with Gasteiger partial charge in [0, 0.05) is 5.56 Å².